The fourth-order valence-electron chi connectivity index (χ4n) is 2.44. The van der Waals surface area contributed by atoms with Gasteiger partial charge in [-0.25, -0.2) is 10.1 Å². The molecular formula is C17H13N5O2. The summed E-state index contributed by atoms with van der Waals surface area (Å²) in [5.41, 5.74) is 4.78. The molecule has 0 bridgehead atoms. The van der Waals surface area contributed by atoms with Gasteiger partial charge in [0.15, 0.2) is 0 Å². The third-order valence-electron chi connectivity index (χ3n) is 3.54. The summed E-state index contributed by atoms with van der Waals surface area (Å²) >= 11 is 0. The minimum absolute atomic E-state index is 0.0397. The van der Waals surface area contributed by atoms with E-state index in [4.69, 9.17) is 4.42 Å². The number of fused-ring (bicyclic) bond motifs is 2. The molecule has 24 heavy (non-hydrogen) atoms. The van der Waals surface area contributed by atoms with E-state index in [9.17, 15) is 4.79 Å². The lowest BCUT2D eigenvalue weighted by molar-refractivity contribution is -0.121. The zero-order chi connectivity index (χ0) is 16.4. The minimum atomic E-state index is -0.294. The second-order valence-corrected chi connectivity index (χ2v) is 5.22. The van der Waals surface area contributed by atoms with E-state index < -0.39 is 0 Å². The molecule has 7 nitrogen and oxygen atoms in total. The Morgan fingerprint density at radius 1 is 1.21 bits per heavy atom. The van der Waals surface area contributed by atoms with Gasteiger partial charge in [-0.05, 0) is 24.3 Å². The van der Waals surface area contributed by atoms with E-state index in [0.717, 1.165) is 22.0 Å². The van der Waals surface area contributed by atoms with Crippen LogP contribution < -0.4 is 5.43 Å². The van der Waals surface area contributed by atoms with E-state index in [0.29, 0.717) is 5.76 Å². The van der Waals surface area contributed by atoms with Crippen molar-refractivity contribution in [2.75, 3.05) is 0 Å². The van der Waals surface area contributed by atoms with Gasteiger partial charge in [0.2, 0.25) is 0 Å². The molecule has 4 aromatic rings. The van der Waals surface area contributed by atoms with Crippen LogP contribution in [0.5, 0.6) is 0 Å². The number of aromatic nitrogens is 3. The zero-order valence-corrected chi connectivity index (χ0v) is 12.6. The van der Waals surface area contributed by atoms with Crippen molar-refractivity contribution >= 4 is 34.1 Å². The molecule has 0 saturated carbocycles. The third kappa shape index (κ3) is 2.74. The van der Waals surface area contributed by atoms with Gasteiger partial charge in [-0.2, -0.15) is 5.10 Å². The summed E-state index contributed by atoms with van der Waals surface area (Å²) in [6, 6.07) is 17.0. The number of hydrogen-bond donors (Lipinski definition) is 1. The topological polar surface area (TPSA) is 85.3 Å². The van der Waals surface area contributed by atoms with Crippen LogP contribution in [0.15, 0.2) is 64.1 Å². The Balaban J connectivity index is 1.42. The largest absolute Gasteiger partial charge is 0.455 e. The molecule has 0 aliphatic carbocycles. The van der Waals surface area contributed by atoms with Gasteiger partial charge in [0.05, 0.1) is 11.7 Å². The molecule has 0 atom stereocenters. The third-order valence-corrected chi connectivity index (χ3v) is 3.54. The molecule has 4 rings (SSSR count). The predicted molar refractivity (Wildman–Crippen MR) is 89.5 cm³/mol. The lowest BCUT2D eigenvalue weighted by atomic mass is 10.2. The first-order valence-electron chi connectivity index (χ1n) is 7.38. The highest BCUT2D eigenvalue weighted by atomic mass is 16.3. The molecule has 0 aliphatic rings. The number of para-hydroxylation sites is 2. The molecular weight excluding hydrogens is 306 g/mol. The van der Waals surface area contributed by atoms with Crippen molar-refractivity contribution in [1.82, 2.24) is 20.4 Å². The van der Waals surface area contributed by atoms with Crippen LogP contribution >= 0.6 is 0 Å². The Bertz CT molecular complexity index is 1010. The smallest absolute Gasteiger partial charge is 0.261 e. The first-order chi connectivity index (χ1) is 11.8. The SMILES string of the molecule is O=C(Cn1nnc2ccccc21)N/N=C/c1cc2ccccc2o1. The van der Waals surface area contributed by atoms with Crippen LogP contribution in [0.3, 0.4) is 0 Å². The van der Waals surface area contributed by atoms with Crippen LogP contribution in [0.1, 0.15) is 5.76 Å². The number of furan rings is 1. The quantitative estimate of drug-likeness (QED) is 0.462. The summed E-state index contributed by atoms with van der Waals surface area (Å²) in [4.78, 5) is 12.0. The molecule has 1 N–H and O–H groups in total. The summed E-state index contributed by atoms with van der Waals surface area (Å²) in [6.45, 7) is 0.0397. The predicted octanol–water partition coefficient (Wildman–Crippen LogP) is 2.33. The van der Waals surface area contributed by atoms with Crippen LogP contribution in [-0.2, 0) is 11.3 Å². The minimum Gasteiger partial charge on any atom is -0.455 e. The van der Waals surface area contributed by atoms with Crippen molar-refractivity contribution in [3.05, 3.63) is 60.4 Å². The number of benzene rings is 2. The molecule has 0 aliphatic heterocycles. The van der Waals surface area contributed by atoms with Crippen LogP contribution in [0.25, 0.3) is 22.0 Å². The Labute approximate surface area is 136 Å². The van der Waals surface area contributed by atoms with Crippen LogP contribution in [-0.4, -0.2) is 27.1 Å². The maximum atomic E-state index is 12.0. The molecule has 2 aromatic carbocycles. The van der Waals surface area contributed by atoms with Gasteiger partial charge in [-0.1, -0.05) is 35.5 Å². The second kappa shape index (κ2) is 5.96. The van der Waals surface area contributed by atoms with Gasteiger partial charge in [0.1, 0.15) is 23.4 Å². The van der Waals surface area contributed by atoms with Crippen molar-refractivity contribution in [2.24, 2.45) is 5.10 Å². The number of rotatable bonds is 4. The van der Waals surface area contributed by atoms with E-state index in [1.54, 1.807) is 0 Å². The molecule has 1 amide bonds. The van der Waals surface area contributed by atoms with Gasteiger partial charge in [-0.15, -0.1) is 5.10 Å². The van der Waals surface area contributed by atoms with Crippen molar-refractivity contribution in [3.8, 4) is 0 Å². The number of nitrogens with zero attached hydrogens (tertiary/aromatic N) is 4. The van der Waals surface area contributed by atoms with Gasteiger partial charge in [0.25, 0.3) is 5.91 Å². The van der Waals surface area contributed by atoms with Crippen molar-refractivity contribution < 1.29 is 9.21 Å². The van der Waals surface area contributed by atoms with Crippen LogP contribution in [0, 0.1) is 0 Å². The van der Waals surface area contributed by atoms with E-state index in [2.05, 4.69) is 20.8 Å². The molecule has 118 valence electrons. The summed E-state index contributed by atoms with van der Waals surface area (Å²) in [6.07, 6.45) is 1.47. The first kappa shape index (κ1) is 14.1. The van der Waals surface area contributed by atoms with Gasteiger partial charge in [-0.3, -0.25) is 4.79 Å². The number of carbonyl (C=O) groups is 1. The standard InChI is InChI=1S/C17H13N5O2/c23-17(11-22-15-7-3-2-6-14(15)19-21-22)20-18-10-13-9-12-5-1-4-8-16(12)24-13/h1-10H,11H2,(H,20,23)/b18-10+. The number of carbonyl (C=O) groups excluding carboxylic acids is 1. The Morgan fingerprint density at radius 3 is 2.96 bits per heavy atom. The first-order valence-corrected chi connectivity index (χ1v) is 7.38. The number of amides is 1. The Kier molecular flexibility index (Phi) is 3.51. The zero-order valence-electron chi connectivity index (χ0n) is 12.6. The Hall–Kier alpha value is -3.48. The van der Waals surface area contributed by atoms with E-state index in [-0.39, 0.29) is 12.5 Å². The molecule has 0 saturated heterocycles. The maximum absolute atomic E-state index is 12.0. The summed E-state index contributed by atoms with van der Waals surface area (Å²) in [7, 11) is 0. The fourth-order valence-corrected chi connectivity index (χ4v) is 2.44. The molecule has 0 radical (unpaired) electrons. The van der Waals surface area contributed by atoms with Crippen molar-refractivity contribution in [2.45, 2.75) is 6.54 Å². The molecule has 2 aromatic heterocycles. The Morgan fingerprint density at radius 2 is 2.04 bits per heavy atom. The number of hydrazone groups is 1. The molecule has 7 heteroatoms. The molecule has 0 fully saturated rings. The normalized spacial score (nSPS) is 11.5. The highest BCUT2D eigenvalue weighted by Crippen LogP contribution is 2.17. The van der Waals surface area contributed by atoms with Gasteiger partial charge >= 0.3 is 0 Å². The maximum Gasteiger partial charge on any atom is 0.261 e. The van der Waals surface area contributed by atoms with Crippen molar-refractivity contribution in [1.29, 1.82) is 0 Å². The van der Waals surface area contributed by atoms with Crippen LogP contribution in [0.4, 0.5) is 0 Å². The summed E-state index contributed by atoms with van der Waals surface area (Å²) in [5.74, 6) is 0.278. The number of nitrogens with one attached hydrogen (secondary N) is 1. The monoisotopic (exact) mass is 319 g/mol. The van der Waals surface area contributed by atoms with E-state index >= 15 is 0 Å². The molecule has 0 unspecified atom stereocenters. The highest BCUT2D eigenvalue weighted by molar-refractivity contribution is 5.87. The molecule has 2 heterocycles. The lowest BCUT2D eigenvalue weighted by Crippen LogP contribution is -2.23. The summed E-state index contributed by atoms with van der Waals surface area (Å²) in [5, 5.41) is 12.9. The van der Waals surface area contributed by atoms with Gasteiger partial charge in [0, 0.05) is 5.39 Å². The summed E-state index contributed by atoms with van der Waals surface area (Å²) < 4.78 is 7.11. The van der Waals surface area contributed by atoms with Crippen LogP contribution in [0.2, 0.25) is 0 Å². The average molecular weight is 319 g/mol. The van der Waals surface area contributed by atoms with Gasteiger partial charge < -0.3 is 4.42 Å². The van der Waals surface area contributed by atoms with E-state index in [1.165, 1.54) is 10.9 Å². The highest BCUT2D eigenvalue weighted by Gasteiger charge is 2.07. The fraction of sp³-hybridized carbons (Fsp3) is 0.0588. The van der Waals surface area contributed by atoms with Crippen molar-refractivity contribution in [3.63, 3.8) is 0 Å². The van der Waals surface area contributed by atoms with E-state index in [1.807, 2.05) is 54.6 Å². The molecule has 0 spiro atoms. The lowest BCUT2D eigenvalue weighted by Gasteiger charge is -2.00. The number of hydrogen-bond acceptors (Lipinski definition) is 5. The second-order valence-electron chi connectivity index (χ2n) is 5.22. The average Bonchev–Trinajstić information content (AvgIpc) is 3.19.